The van der Waals surface area contributed by atoms with Crippen LogP contribution in [0.5, 0.6) is 11.5 Å². The van der Waals surface area contributed by atoms with Gasteiger partial charge in [-0.15, -0.1) is 0 Å². The number of nitrogens with one attached hydrogen (secondary N) is 1. The van der Waals surface area contributed by atoms with E-state index in [0.29, 0.717) is 25.1 Å². The Balaban J connectivity index is 0.00000141. The minimum atomic E-state index is -1.68. The van der Waals surface area contributed by atoms with E-state index in [4.69, 9.17) is 4.74 Å². The Bertz CT molecular complexity index is 1020. The zero-order valence-electron chi connectivity index (χ0n) is 17.5. The highest BCUT2D eigenvalue weighted by Gasteiger charge is 2.28. The number of anilines is 1. The molecule has 0 radical (unpaired) electrons. The molecule has 4 N–H and O–H groups in total. The highest BCUT2D eigenvalue weighted by Crippen LogP contribution is 2.31. The predicted octanol–water partition coefficient (Wildman–Crippen LogP) is 2.13. The van der Waals surface area contributed by atoms with Gasteiger partial charge in [-0.1, -0.05) is 12.1 Å². The fourth-order valence-electron chi connectivity index (χ4n) is 3.48. The molecule has 0 aromatic heterocycles. The van der Waals surface area contributed by atoms with Crippen LogP contribution in [-0.2, 0) is 29.1 Å². The smallest absolute Gasteiger partial charge is 0.415 e. The molecule has 1 saturated heterocycles. The number of hydrogen-bond acceptors (Lipinski definition) is 6. The molecule has 1 amide bonds. The summed E-state index contributed by atoms with van der Waals surface area (Å²) in [6.07, 6.45) is 0.817. The number of nitrogens with two attached hydrogens (primary N) is 1. The van der Waals surface area contributed by atoms with Crippen molar-refractivity contribution >= 4 is 29.2 Å². The van der Waals surface area contributed by atoms with E-state index in [1.54, 1.807) is 22.5 Å². The van der Waals surface area contributed by atoms with E-state index in [0.717, 1.165) is 6.29 Å². The molecule has 32 heavy (non-hydrogen) atoms. The van der Waals surface area contributed by atoms with Gasteiger partial charge in [-0.25, -0.2) is 17.7 Å². The summed E-state index contributed by atoms with van der Waals surface area (Å²) in [4.78, 5) is 24.5. The van der Waals surface area contributed by atoms with Crippen molar-refractivity contribution in [1.82, 2.24) is 9.21 Å². The Morgan fingerprint density at radius 2 is 2.12 bits per heavy atom. The quantitative estimate of drug-likeness (QED) is 0.563. The molecule has 1 fully saturated rings. The maximum absolute atomic E-state index is 15.0. The van der Waals surface area contributed by atoms with Gasteiger partial charge in [0.15, 0.2) is 17.0 Å². The van der Waals surface area contributed by atoms with Gasteiger partial charge >= 0.3 is 6.09 Å². The summed E-state index contributed by atoms with van der Waals surface area (Å²) in [5.74, 6) is -0.504. The number of rotatable bonds is 6. The van der Waals surface area contributed by atoms with Crippen LogP contribution in [0.1, 0.15) is 17.5 Å². The van der Waals surface area contributed by atoms with Crippen molar-refractivity contribution < 1.29 is 28.0 Å². The number of halogens is 1. The normalized spacial score (nSPS) is 18.8. The number of ether oxygens (including phenoxy) is 1. The Morgan fingerprint density at radius 3 is 2.84 bits per heavy atom. The van der Waals surface area contributed by atoms with Crippen molar-refractivity contribution in [2.75, 3.05) is 24.9 Å². The topological polar surface area (TPSA) is 125 Å². The van der Waals surface area contributed by atoms with Crippen LogP contribution in [0.4, 0.5) is 14.9 Å². The molecule has 0 aliphatic carbocycles. The Hall–Kier alpha value is -3.02. The number of carbonyl (C=O) groups is 2. The van der Waals surface area contributed by atoms with Crippen molar-refractivity contribution in [3.8, 4) is 11.5 Å². The summed E-state index contributed by atoms with van der Waals surface area (Å²) in [7, 11) is 1.50. The fourth-order valence-corrected chi connectivity index (χ4v) is 4.55. The van der Waals surface area contributed by atoms with Crippen LogP contribution in [0, 0.1) is 11.7 Å². The molecule has 2 unspecified atom stereocenters. The number of phenolic OH excluding ortho intramolecular Hbond substituents is 1. The summed E-state index contributed by atoms with van der Waals surface area (Å²) >= 11 is -1.68. The van der Waals surface area contributed by atoms with Gasteiger partial charge < -0.3 is 20.4 Å². The van der Waals surface area contributed by atoms with Gasteiger partial charge in [-0.3, -0.25) is 9.62 Å². The highest BCUT2D eigenvalue weighted by molar-refractivity contribution is 7.84. The van der Waals surface area contributed by atoms with E-state index in [1.165, 1.54) is 30.1 Å². The first kappa shape index (κ1) is 23.6. The highest BCUT2D eigenvalue weighted by atomic mass is 32.2. The maximum Gasteiger partial charge on any atom is 0.415 e. The van der Waals surface area contributed by atoms with Gasteiger partial charge in [0.1, 0.15) is 17.8 Å². The Morgan fingerprint density at radius 1 is 1.34 bits per heavy atom. The standard InChI is InChI=1S/C20H20FN3O5S.CH5N/c21-19-15(11-23-10-14-4-5-16(26)8-18(14)29-20(23)27)2-1-3-17(19)22-30(28)24-7-6-13(9-24)12-25;1-2/h1-5,8,12-13,22,26H,6-7,9-11H2;2H2,1H3. The third kappa shape index (κ3) is 5.23. The van der Waals surface area contributed by atoms with Gasteiger partial charge in [0.2, 0.25) is 0 Å². The molecule has 4 rings (SSSR count). The number of carbonyl (C=O) groups excluding carboxylic acids is 2. The Labute approximate surface area is 187 Å². The van der Waals surface area contributed by atoms with Gasteiger partial charge in [0, 0.05) is 36.2 Å². The molecule has 9 nitrogen and oxygen atoms in total. The first-order chi connectivity index (χ1) is 15.4. The molecule has 2 heterocycles. The monoisotopic (exact) mass is 464 g/mol. The zero-order valence-corrected chi connectivity index (χ0v) is 18.3. The van der Waals surface area contributed by atoms with Crippen LogP contribution >= 0.6 is 0 Å². The summed E-state index contributed by atoms with van der Waals surface area (Å²) in [6, 6.07) is 9.11. The van der Waals surface area contributed by atoms with Crippen molar-refractivity contribution in [2.24, 2.45) is 11.7 Å². The van der Waals surface area contributed by atoms with E-state index < -0.39 is 23.1 Å². The molecule has 2 aliphatic heterocycles. The van der Waals surface area contributed by atoms with E-state index in [9.17, 15) is 18.9 Å². The Kier molecular flexibility index (Phi) is 7.78. The molecule has 0 spiro atoms. The van der Waals surface area contributed by atoms with Crippen molar-refractivity contribution in [2.45, 2.75) is 19.5 Å². The number of aldehydes is 1. The van der Waals surface area contributed by atoms with E-state index in [2.05, 4.69) is 10.5 Å². The zero-order chi connectivity index (χ0) is 23.3. The lowest BCUT2D eigenvalue weighted by molar-refractivity contribution is -0.110. The molecule has 0 saturated carbocycles. The third-order valence-corrected chi connectivity index (χ3v) is 6.31. The van der Waals surface area contributed by atoms with Crippen molar-refractivity contribution in [3.63, 3.8) is 0 Å². The van der Waals surface area contributed by atoms with Crippen LogP contribution in [0.25, 0.3) is 0 Å². The largest absolute Gasteiger partial charge is 0.508 e. The minimum Gasteiger partial charge on any atom is -0.508 e. The molecule has 2 aliphatic rings. The first-order valence-electron chi connectivity index (χ1n) is 9.97. The van der Waals surface area contributed by atoms with Crippen molar-refractivity contribution in [1.29, 1.82) is 0 Å². The molecule has 0 bridgehead atoms. The summed E-state index contributed by atoms with van der Waals surface area (Å²) < 4.78 is 37.0. The first-order valence-corrected chi connectivity index (χ1v) is 11.1. The number of nitrogens with zero attached hydrogens (tertiary/aromatic N) is 2. The SMILES string of the molecule is CN.O=CC1CCN(S(=O)Nc2cccc(CN3Cc4ccc(O)cc4OC3=O)c2F)C1. The number of fused-ring (bicyclic) bond motifs is 1. The average molecular weight is 465 g/mol. The van der Waals surface area contributed by atoms with Gasteiger partial charge in [0.05, 0.1) is 18.8 Å². The fraction of sp³-hybridized carbons (Fsp3) is 0.333. The minimum absolute atomic E-state index is 0.00899. The summed E-state index contributed by atoms with van der Waals surface area (Å²) in [5.41, 5.74) is 5.49. The third-order valence-electron chi connectivity index (χ3n) is 5.12. The molecule has 2 atom stereocenters. The van der Waals surface area contributed by atoms with Gasteiger partial charge in [-0.05, 0) is 31.7 Å². The molecular weight excluding hydrogens is 439 g/mol. The summed E-state index contributed by atoms with van der Waals surface area (Å²) in [6.45, 7) is 1.01. The second-order valence-electron chi connectivity index (χ2n) is 7.22. The van der Waals surface area contributed by atoms with Crippen molar-refractivity contribution in [3.05, 3.63) is 53.3 Å². The predicted molar refractivity (Wildman–Crippen MR) is 117 cm³/mol. The number of aromatic hydroxyl groups is 1. The second kappa shape index (κ2) is 10.5. The number of benzene rings is 2. The lowest BCUT2D eigenvalue weighted by Gasteiger charge is -2.28. The van der Waals surface area contributed by atoms with E-state index in [-0.39, 0.29) is 41.8 Å². The molecule has 2 aromatic carbocycles. The van der Waals surface area contributed by atoms with Crippen LogP contribution in [0.15, 0.2) is 36.4 Å². The molecule has 11 heteroatoms. The number of amides is 1. The van der Waals surface area contributed by atoms with E-state index in [1.807, 2.05) is 0 Å². The lowest BCUT2D eigenvalue weighted by Crippen LogP contribution is -2.36. The van der Waals surface area contributed by atoms with Gasteiger partial charge in [-0.2, -0.15) is 0 Å². The van der Waals surface area contributed by atoms with Crippen LogP contribution in [-0.4, -0.2) is 51.0 Å². The van der Waals surface area contributed by atoms with Crippen LogP contribution < -0.4 is 15.2 Å². The average Bonchev–Trinajstić information content (AvgIpc) is 3.28. The van der Waals surface area contributed by atoms with E-state index >= 15 is 4.39 Å². The number of phenols is 1. The molecule has 172 valence electrons. The van der Waals surface area contributed by atoms with Crippen LogP contribution in [0.2, 0.25) is 0 Å². The second-order valence-corrected chi connectivity index (χ2v) is 8.44. The summed E-state index contributed by atoms with van der Waals surface area (Å²) in [5, 5.41) is 9.51. The number of hydrogen-bond donors (Lipinski definition) is 3. The molecular formula is C21H25FN4O5S. The maximum atomic E-state index is 15.0. The van der Waals surface area contributed by atoms with Crippen LogP contribution in [0.3, 0.4) is 0 Å². The lowest BCUT2D eigenvalue weighted by atomic mass is 10.1. The molecule has 2 aromatic rings. The van der Waals surface area contributed by atoms with Gasteiger partial charge in [0.25, 0.3) is 0 Å².